The van der Waals surface area contributed by atoms with Crippen molar-refractivity contribution in [1.82, 2.24) is 19.9 Å². The van der Waals surface area contributed by atoms with Gasteiger partial charge in [0.25, 0.3) is 5.91 Å². The summed E-state index contributed by atoms with van der Waals surface area (Å²) < 4.78 is 5.81. The van der Waals surface area contributed by atoms with Crippen molar-refractivity contribution in [3.63, 3.8) is 0 Å². The highest BCUT2D eigenvalue weighted by atomic mass is 16.5. The van der Waals surface area contributed by atoms with E-state index in [1.54, 1.807) is 0 Å². The van der Waals surface area contributed by atoms with Crippen molar-refractivity contribution < 1.29 is 9.53 Å². The van der Waals surface area contributed by atoms with E-state index in [9.17, 15) is 4.79 Å². The van der Waals surface area contributed by atoms with Crippen LogP contribution in [0.2, 0.25) is 0 Å². The molecule has 36 heavy (non-hydrogen) atoms. The maximum absolute atomic E-state index is 13.3. The number of hydrogen-bond donors (Lipinski definition) is 3. The second kappa shape index (κ2) is 10.8. The van der Waals surface area contributed by atoms with Gasteiger partial charge < -0.3 is 30.3 Å². The maximum Gasteiger partial charge on any atom is 0.270 e. The van der Waals surface area contributed by atoms with Gasteiger partial charge in [0.05, 0.1) is 11.3 Å². The third kappa shape index (κ3) is 6.47. The minimum Gasteiger partial charge on any atom is -0.380 e. The van der Waals surface area contributed by atoms with Crippen LogP contribution in [0.15, 0.2) is 42.6 Å². The fraction of sp³-hybridized carbons (Fsp3) is 0.481. The number of carbonyl (C=O) groups is 1. The average Bonchev–Trinajstić information content (AvgIpc) is 3.25. The lowest BCUT2D eigenvalue weighted by Crippen LogP contribution is -2.49. The topological polar surface area (TPSA) is 88.8 Å². The van der Waals surface area contributed by atoms with E-state index in [0.717, 1.165) is 41.2 Å². The Labute approximate surface area is 213 Å². The van der Waals surface area contributed by atoms with Gasteiger partial charge in [-0.05, 0) is 71.0 Å². The molecule has 0 atom stereocenters. The van der Waals surface area contributed by atoms with E-state index in [1.807, 2.05) is 74.3 Å². The van der Waals surface area contributed by atoms with E-state index in [1.165, 1.54) is 0 Å². The molecule has 1 aromatic carbocycles. The number of rotatable bonds is 8. The maximum atomic E-state index is 13.3. The average molecular weight is 494 g/mol. The summed E-state index contributed by atoms with van der Waals surface area (Å²) in [6, 6.07) is 12.3. The molecule has 0 radical (unpaired) electrons. The van der Waals surface area contributed by atoms with Crippen LogP contribution in [-0.4, -0.2) is 77.4 Å². The van der Waals surface area contributed by atoms with E-state index >= 15 is 0 Å². The van der Waals surface area contributed by atoms with Crippen LogP contribution in [0.1, 0.15) is 45.1 Å². The van der Waals surface area contributed by atoms with Crippen LogP contribution in [0.4, 0.5) is 17.2 Å². The Bertz CT molecular complexity index is 1180. The van der Waals surface area contributed by atoms with Crippen molar-refractivity contribution in [3.05, 3.63) is 48.3 Å². The number of fused-ring (bicyclic) bond motifs is 1. The Morgan fingerprint density at radius 1 is 1.17 bits per heavy atom. The summed E-state index contributed by atoms with van der Waals surface area (Å²) >= 11 is 0. The number of hydrogen-bond acceptors (Lipinski definition) is 7. The van der Waals surface area contributed by atoms with Crippen molar-refractivity contribution in [2.24, 2.45) is 0 Å². The third-order valence-corrected chi connectivity index (χ3v) is 5.96. The molecule has 4 rings (SSSR count). The van der Waals surface area contributed by atoms with Crippen molar-refractivity contribution in [2.45, 2.75) is 46.3 Å². The van der Waals surface area contributed by atoms with E-state index in [-0.39, 0.29) is 11.5 Å². The first-order valence-electron chi connectivity index (χ1n) is 12.6. The number of piperazine rings is 1. The summed E-state index contributed by atoms with van der Waals surface area (Å²) in [6.07, 6.45) is 1.82. The first-order chi connectivity index (χ1) is 17.1. The molecule has 3 N–H and O–H groups in total. The summed E-state index contributed by atoms with van der Waals surface area (Å²) in [5.74, 6) is 0.972. The van der Waals surface area contributed by atoms with E-state index in [2.05, 4.69) is 45.5 Å². The van der Waals surface area contributed by atoms with Crippen LogP contribution < -0.4 is 15.6 Å². The molecule has 0 unspecified atom stereocenters. The largest absolute Gasteiger partial charge is 0.380 e. The summed E-state index contributed by atoms with van der Waals surface area (Å²) in [6.45, 7) is 13.6. The van der Waals surface area contributed by atoms with E-state index < -0.39 is 0 Å². The number of nitrogens with zero attached hydrogens (tertiary/aromatic N) is 4. The quantitative estimate of drug-likeness (QED) is 0.317. The van der Waals surface area contributed by atoms with Crippen LogP contribution in [0.25, 0.3) is 10.9 Å². The number of ether oxygens (including phenoxy) is 1. The van der Waals surface area contributed by atoms with Gasteiger partial charge in [-0.15, -0.1) is 0 Å². The Balaban J connectivity index is 1.38. The van der Waals surface area contributed by atoms with Crippen LogP contribution in [0.5, 0.6) is 0 Å². The lowest BCUT2D eigenvalue weighted by atomic mass is 10.2. The van der Waals surface area contributed by atoms with Gasteiger partial charge in [0, 0.05) is 62.1 Å². The second-order valence-electron chi connectivity index (χ2n) is 10.6. The standard InChI is InChI=1S/C27H39N7O2/c1-19(2)29-23-8-7-11-28-25(23)33-12-14-34(15-13-33)26(35)24-17-20-16-21(9-10-22(20)30-24)31-32(6)18-36-27(3,4)5/h7-11,16-17,19,29-31H,12-15,18H2,1-6H3. The van der Waals surface area contributed by atoms with Crippen molar-refractivity contribution in [2.75, 3.05) is 55.6 Å². The fourth-order valence-corrected chi connectivity index (χ4v) is 4.22. The minimum absolute atomic E-state index is 0.0256. The molecule has 1 aliphatic rings. The van der Waals surface area contributed by atoms with Gasteiger partial charge in [0.1, 0.15) is 12.4 Å². The lowest BCUT2D eigenvalue weighted by molar-refractivity contribution is -0.0491. The highest BCUT2D eigenvalue weighted by Crippen LogP contribution is 2.26. The number of anilines is 3. The number of aromatic nitrogens is 2. The summed E-state index contributed by atoms with van der Waals surface area (Å²) in [5, 5.41) is 6.36. The third-order valence-electron chi connectivity index (χ3n) is 5.96. The minimum atomic E-state index is -0.202. The molecule has 0 bridgehead atoms. The first kappa shape index (κ1) is 25.8. The van der Waals surface area contributed by atoms with E-state index in [0.29, 0.717) is 31.6 Å². The smallest absolute Gasteiger partial charge is 0.270 e. The Morgan fingerprint density at radius 3 is 2.61 bits per heavy atom. The van der Waals surface area contributed by atoms with Gasteiger partial charge >= 0.3 is 0 Å². The van der Waals surface area contributed by atoms with Crippen molar-refractivity contribution in [1.29, 1.82) is 0 Å². The van der Waals surface area contributed by atoms with Gasteiger partial charge in [-0.2, -0.15) is 0 Å². The molecule has 0 aliphatic carbocycles. The van der Waals surface area contributed by atoms with Crippen LogP contribution >= 0.6 is 0 Å². The number of aromatic amines is 1. The number of carbonyl (C=O) groups excluding carboxylic acids is 1. The summed E-state index contributed by atoms with van der Waals surface area (Å²) in [4.78, 5) is 25.3. The molecule has 9 heteroatoms. The zero-order valence-corrected chi connectivity index (χ0v) is 22.3. The van der Waals surface area contributed by atoms with Gasteiger partial charge in [-0.1, -0.05) is 0 Å². The SMILES string of the molecule is CC(C)Nc1cccnc1N1CCN(C(=O)c2cc3cc(NN(C)COC(C)(C)C)ccc3[nH]2)CC1. The van der Waals surface area contributed by atoms with Gasteiger partial charge in [-0.25, -0.2) is 9.99 Å². The first-order valence-corrected chi connectivity index (χ1v) is 12.6. The molecular formula is C27H39N7O2. The number of benzene rings is 1. The zero-order valence-electron chi connectivity index (χ0n) is 22.3. The molecule has 2 aromatic heterocycles. The predicted octanol–water partition coefficient (Wildman–Crippen LogP) is 4.38. The second-order valence-corrected chi connectivity index (χ2v) is 10.6. The normalized spacial score (nSPS) is 14.7. The fourth-order valence-electron chi connectivity index (χ4n) is 4.22. The van der Waals surface area contributed by atoms with Crippen molar-refractivity contribution >= 4 is 34.0 Å². The monoisotopic (exact) mass is 493 g/mol. The number of H-pyrrole nitrogens is 1. The predicted molar refractivity (Wildman–Crippen MR) is 147 cm³/mol. The molecule has 1 saturated heterocycles. The number of hydrazine groups is 1. The molecule has 9 nitrogen and oxygen atoms in total. The molecule has 3 heterocycles. The van der Waals surface area contributed by atoms with Crippen LogP contribution in [0.3, 0.4) is 0 Å². The summed E-state index contributed by atoms with van der Waals surface area (Å²) in [7, 11) is 1.94. The molecule has 1 fully saturated rings. The molecule has 1 aliphatic heterocycles. The number of nitrogens with one attached hydrogen (secondary N) is 3. The summed E-state index contributed by atoms with van der Waals surface area (Å²) in [5.41, 5.74) is 6.65. The number of amides is 1. The van der Waals surface area contributed by atoms with Crippen LogP contribution in [-0.2, 0) is 4.74 Å². The zero-order chi connectivity index (χ0) is 25.9. The van der Waals surface area contributed by atoms with Crippen LogP contribution in [0, 0.1) is 0 Å². The van der Waals surface area contributed by atoms with Gasteiger partial charge in [-0.3, -0.25) is 4.79 Å². The molecule has 194 valence electrons. The Hall–Kier alpha value is -3.30. The van der Waals surface area contributed by atoms with Gasteiger partial charge in [0.15, 0.2) is 5.82 Å². The molecule has 3 aromatic rings. The lowest BCUT2D eigenvalue weighted by Gasteiger charge is -2.36. The molecular weight excluding hydrogens is 454 g/mol. The molecule has 0 saturated carbocycles. The van der Waals surface area contributed by atoms with E-state index in [4.69, 9.17) is 4.74 Å². The molecule has 1 amide bonds. The van der Waals surface area contributed by atoms with Gasteiger partial charge in [0.2, 0.25) is 0 Å². The van der Waals surface area contributed by atoms with Crippen molar-refractivity contribution in [3.8, 4) is 0 Å². The highest BCUT2D eigenvalue weighted by molar-refractivity contribution is 5.98. The Morgan fingerprint density at radius 2 is 1.92 bits per heavy atom. The highest BCUT2D eigenvalue weighted by Gasteiger charge is 2.25. The Kier molecular flexibility index (Phi) is 7.70. The number of pyridine rings is 1. The molecule has 0 spiro atoms.